The van der Waals surface area contributed by atoms with E-state index in [0.29, 0.717) is 17.0 Å². The van der Waals surface area contributed by atoms with Gasteiger partial charge >= 0.3 is 0 Å². The summed E-state index contributed by atoms with van der Waals surface area (Å²) in [5.41, 5.74) is 0.841. The van der Waals surface area contributed by atoms with Crippen LogP contribution in [0.25, 0.3) is 0 Å². The van der Waals surface area contributed by atoms with Crippen molar-refractivity contribution in [3.63, 3.8) is 0 Å². The van der Waals surface area contributed by atoms with E-state index in [0.717, 1.165) is 25.3 Å². The van der Waals surface area contributed by atoms with Crippen molar-refractivity contribution in [3.05, 3.63) is 46.7 Å². The van der Waals surface area contributed by atoms with Crippen LogP contribution in [0.2, 0.25) is 0 Å². The zero-order chi connectivity index (χ0) is 20.1. The second-order valence-electron chi connectivity index (χ2n) is 7.49. The minimum atomic E-state index is -0.624. The van der Waals surface area contributed by atoms with Crippen molar-refractivity contribution in [2.45, 2.75) is 26.8 Å². The largest absolute Gasteiger partial charge is 0.343 e. The van der Waals surface area contributed by atoms with Gasteiger partial charge in [-0.2, -0.15) is 0 Å². The molecule has 0 aliphatic carbocycles. The zero-order valence-corrected chi connectivity index (χ0v) is 16.9. The number of amides is 2. The highest BCUT2D eigenvalue weighted by Crippen LogP contribution is 2.23. The van der Waals surface area contributed by atoms with Crippen LogP contribution < -0.4 is 10.6 Å². The van der Waals surface area contributed by atoms with Crippen LogP contribution in [0.3, 0.4) is 0 Å². The number of nitrogens with one attached hydrogen (secondary N) is 2. The number of benzene rings is 1. The Morgan fingerprint density at radius 3 is 2.68 bits per heavy atom. The van der Waals surface area contributed by atoms with E-state index in [1.807, 2.05) is 5.38 Å². The third-order valence-corrected chi connectivity index (χ3v) is 5.46. The summed E-state index contributed by atoms with van der Waals surface area (Å²) in [6, 6.07) is 5.65. The molecule has 0 radical (unpaired) electrons. The van der Waals surface area contributed by atoms with Gasteiger partial charge in [0, 0.05) is 25.0 Å². The van der Waals surface area contributed by atoms with Crippen LogP contribution in [-0.2, 0) is 11.3 Å². The topological polar surface area (TPSA) is 74.3 Å². The van der Waals surface area contributed by atoms with Crippen molar-refractivity contribution in [2.75, 3.05) is 25.0 Å². The first kappa shape index (κ1) is 20.4. The van der Waals surface area contributed by atoms with Crippen LogP contribution >= 0.6 is 11.3 Å². The molecule has 0 bridgehead atoms. The van der Waals surface area contributed by atoms with Gasteiger partial charge in [0.05, 0.1) is 17.8 Å². The van der Waals surface area contributed by atoms with Crippen molar-refractivity contribution in [3.8, 4) is 0 Å². The fourth-order valence-corrected chi connectivity index (χ4v) is 4.37. The number of halogens is 1. The molecule has 0 saturated carbocycles. The van der Waals surface area contributed by atoms with Gasteiger partial charge in [0.25, 0.3) is 5.91 Å². The van der Waals surface area contributed by atoms with Crippen molar-refractivity contribution in [1.82, 2.24) is 15.2 Å². The van der Waals surface area contributed by atoms with E-state index < -0.39 is 17.6 Å². The highest BCUT2D eigenvalue weighted by molar-refractivity contribution is 7.13. The average Bonchev–Trinajstić information content (AvgIpc) is 3.06. The molecule has 2 N–H and O–H groups in total. The average molecular weight is 405 g/mol. The highest BCUT2D eigenvalue weighted by Gasteiger charge is 2.22. The van der Waals surface area contributed by atoms with Crippen molar-refractivity contribution < 1.29 is 14.0 Å². The summed E-state index contributed by atoms with van der Waals surface area (Å²) in [4.78, 5) is 30.9. The smallest absolute Gasteiger partial charge is 0.254 e. The maximum absolute atomic E-state index is 13.6. The van der Waals surface area contributed by atoms with Gasteiger partial charge in [-0.05, 0) is 30.4 Å². The maximum atomic E-state index is 13.6. The molecular formula is C20H25FN4O2S. The van der Waals surface area contributed by atoms with E-state index in [2.05, 4.69) is 34.4 Å². The van der Waals surface area contributed by atoms with Crippen molar-refractivity contribution >= 4 is 28.3 Å². The van der Waals surface area contributed by atoms with Crippen LogP contribution in [-0.4, -0.2) is 41.3 Å². The highest BCUT2D eigenvalue weighted by atomic mass is 32.1. The Bertz CT molecular complexity index is 831. The second-order valence-corrected chi connectivity index (χ2v) is 8.35. The van der Waals surface area contributed by atoms with E-state index in [-0.39, 0.29) is 12.1 Å². The Hall–Kier alpha value is -2.32. The summed E-state index contributed by atoms with van der Waals surface area (Å²) in [6.45, 7) is 7.18. The lowest BCUT2D eigenvalue weighted by Gasteiger charge is -2.34. The number of hydrogen-bond donors (Lipinski definition) is 2. The molecule has 3 rings (SSSR count). The number of aromatic nitrogens is 1. The quantitative estimate of drug-likeness (QED) is 0.776. The van der Waals surface area contributed by atoms with Crippen LogP contribution in [0.15, 0.2) is 29.6 Å². The van der Waals surface area contributed by atoms with Crippen LogP contribution in [0, 0.1) is 17.7 Å². The lowest BCUT2D eigenvalue weighted by atomic mass is 9.92. The molecule has 2 heterocycles. The predicted octanol–water partition coefficient (Wildman–Crippen LogP) is 3.13. The Morgan fingerprint density at radius 2 is 1.96 bits per heavy atom. The van der Waals surface area contributed by atoms with Crippen LogP contribution in [0.5, 0.6) is 0 Å². The van der Waals surface area contributed by atoms with Gasteiger partial charge in [-0.1, -0.05) is 26.0 Å². The molecule has 1 aromatic heterocycles. The molecule has 1 aliphatic heterocycles. The molecule has 2 amide bonds. The van der Waals surface area contributed by atoms with E-state index in [1.165, 1.54) is 36.0 Å². The summed E-state index contributed by atoms with van der Waals surface area (Å²) in [5.74, 6) is -0.280. The third-order valence-electron chi connectivity index (χ3n) is 4.66. The number of hydrogen-bond acceptors (Lipinski definition) is 5. The maximum Gasteiger partial charge on any atom is 0.254 e. The second kappa shape index (κ2) is 9.25. The monoisotopic (exact) mass is 404 g/mol. The zero-order valence-electron chi connectivity index (χ0n) is 16.1. The minimum absolute atomic E-state index is 0.0863. The lowest BCUT2D eigenvalue weighted by molar-refractivity contribution is -0.115. The van der Waals surface area contributed by atoms with Crippen molar-refractivity contribution in [2.24, 2.45) is 11.8 Å². The Balaban J connectivity index is 1.47. The summed E-state index contributed by atoms with van der Waals surface area (Å²) < 4.78 is 13.6. The van der Waals surface area contributed by atoms with Crippen LogP contribution in [0.4, 0.5) is 9.52 Å². The Morgan fingerprint density at radius 1 is 1.25 bits per heavy atom. The number of carbonyl (C=O) groups is 2. The molecule has 6 nitrogen and oxygen atoms in total. The molecular weight excluding hydrogens is 379 g/mol. The van der Waals surface area contributed by atoms with Gasteiger partial charge in [0.1, 0.15) is 5.82 Å². The molecule has 2 aromatic rings. The molecule has 1 saturated heterocycles. The fourth-order valence-electron chi connectivity index (χ4n) is 3.65. The van der Waals surface area contributed by atoms with Gasteiger partial charge in [0.15, 0.2) is 5.13 Å². The first-order chi connectivity index (χ1) is 13.4. The van der Waals surface area contributed by atoms with Gasteiger partial charge in [-0.25, -0.2) is 9.37 Å². The number of piperidine rings is 1. The van der Waals surface area contributed by atoms with Gasteiger partial charge < -0.3 is 10.6 Å². The van der Waals surface area contributed by atoms with E-state index in [9.17, 15) is 14.0 Å². The van der Waals surface area contributed by atoms with Crippen LogP contribution in [0.1, 0.15) is 36.3 Å². The summed E-state index contributed by atoms with van der Waals surface area (Å²) in [6.07, 6.45) is 1.26. The summed E-state index contributed by atoms with van der Waals surface area (Å²) in [5, 5.41) is 7.54. The van der Waals surface area contributed by atoms with Gasteiger partial charge in [0.2, 0.25) is 5.91 Å². The predicted molar refractivity (Wildman–Crippen MR) is 108 cm³/mol. The number of anilines is 1. The van der Waals surface area contributed by atoms with Crippen molar-refractivity contribution in [1.29, 1.82) is 0 Å². The molecule has 150 valence electrons. The Labute approximate surface area is 168 Å². The fraction of sp³-hybridized carbons (Fsp3) is 0.450. The number of nitrogens with zero attached hydrogens (tertiary/aromatic N) is 2. The number of rotatable bonds is 6. The standard InChI is InChI=1S/C20H25FN4O2S/c1-13-7-14(2)10-25(9-13)11-15-12-28-20(23-15)24-18(26)8-22-19(27)16-5-3-4-6-17(16)21/h3-6,12-14H,7-11H2,1-2H3,(H,22,27)(H,23,24,26)/t13-,14+. The first-order valence-electron chi connectivity index (χ1n) is 9.40. The molecule has 2 atom stereocenters. The molecule has 28 heavy (non-hydrogen) atoms. The molecule has 1 aromatic carbocycles. The molecule has 1 aliphatic rings. The lowest BCUT2D eigenvalue weighted by Crippen LogP contribution is -2.38. The first-order valence-corrected chi connectivity index (χ1v) is 10.3. The van der Waals surface area contributed by atoms with E-state index >= 15 is 0 Å². The number of thiazole rings is 1. The normalized spacial score (nSPS) is 20.0. The van der Waals surface area contributed by atoms with E-state index in [1.54, 1.807) is 6.07 Å². The SMILES string of the molecule is C[C@@H]1C[C@H](C)CN(Cc2csc(NC(=O)CNC(=O)c3ccccc3F)n2)C1. The van der Waals surface area contributed by atoms with Gasteiger partial charge in [-0.3, -0.25) is 14.5 Å². The minimum Gasteiger partial charge on any atom is -0.343 e. The molecule has 8 heteroatoms. The molecule has 0 spiro atoms. The van der Waals surface area contributed by atoms with E-state index in [4.69, 9.17) is 0 Å². The number of carbonyl (C=O) groups excluding carboxylic acids is 2. The Kier molecular flexibility index (Phi) is 6.74. The summed E-state index contributed by atoms with van der Waals surface area (Å²) in [7, 11) is 0. The number of likely N-dealkylation sites (tertiary alicyclic amines) is 1. The molecule has 0 unspecified atom stereocenters. The summed E-state index contributed by atoms with van der Waals surface area (Å²) >= 11 is 1.36. The van der Waals surface area contributed by atoms with Gasteiger partial charge in [-0.15, -0.1) is 11.3 Å². The third kappa shape index (κ3) is 5.59. The molecule has 1 fully saturated rings.